The molecule has 0 aliphatic heterocycles. The smallest absolute Gasteiger partial charge is 0.0325 e. The number of hydrogen-bond donors (Lipinski definition) is 1. The molecule has 2 N–H and O–H groups in total. The lowest BCUT2D eigenvalue weighted by molar-refractivity contribution is 1.27. The van der Waals surface area contributed by atoms with Gasteiger partial charge in [0.05, 0.1) is 0 Å². The fourth-order valence-electron chi connectivity index (χ4n) is 1.25. The molecule has 2 aromatic rings. The SMILES string of the molecule is Nc1cccc(SCc2ccncc2)c1. The minimum Gasteiger partial charge on any atom is -0.399 e. The Labute approximate surface area is 93.5 Å². The number of nitrogens with zero attached hydrogens (tertiary/aromatic N) is 1. The highest BCUT2D eigenvalue weighted by Gasteiger charge is 1.96. The summed E-state index contributed by atoms with van der Waals surface area (Å²) >= 11 is 1.78. The van der Waals surface area contributed by atoms with Crippen molar-refractivity contribution in [2.75, 3.05) is 5.73 Å². The van der Waals surface area contributed by atoms with Crippen LogP contribution in [0.15, 0.2) is 53.7 Å². The summed E-state index contributed by atoms with van der Waals surface area (Å²) in [5.74, 6) is 0.950. The van der Waals surface area contributed by atoms with Crippen molar-refractivity contribution in [3.8, 4) is 0 Å². The molecule has 2 rings (SSSR count). The van der Waals surface area contributed by atoms with Crippen molar-refractivity contribution in [3.63, 3.8) is 0 Å². The second kappa shape index (κ2) is 4.84. The molecule has 0 unspecified atom stereocenters. The summed E-state index contributed by atoms with van der Waals surface area (Å²) in [5, 5.41) is 0. The van der Waals surface area contributed by atoms with Crippen molar-refractivity contribution in [1.82, 2.24) is 4.98 Å². The van der Waals surface area contributed by atoms with Crippen molar-refractivity contribution in [2.45, 2.75) is 10.6 Å². The van der Waals surface area contributed by atoms with E-state index in [1.165, 1.54) is 10.5 Å². The first kappa shape index (κ1) is 10.1. The Morgan fingerprint density at radius 2 is 1.93 bits per heavy atom. The monoisotopic (exact) mass is 216 g/mol. The maximum Gasteiger partial charge on any atom is 0.0325 e. The standard InChI is InChI=1S/C12H12N2S/c13-11-2-1-3-12(8-11)15-9-10-4-6-14-7-5-10/h1-8H,9,13H2. The van der Waals surface area contributed by atoms with Crippen LogP contribution >= 0.6 is 11.8 Å². The maximum atomic E-state index is 5.70. The summed E-state index contributed by atoms with van der Waals surface area (Å²) in [7, 11) is 0. The van der Waals surface area contributed by atoms with Gasteiger partial charge < -0.3 is 5.73 Å². The van der Waals surface area contributed by atoms with Gasteiger partial charge in [0.15, 0.2) is 0 Å². The van der Waals surface area contributed by atoms with Gasteiger partial charge in [-0.25, -0.2) is 0 Å². The maximum absolute atomic E-state index is 5.70. The van der Waals surface area contributed by atoms with Crippen LogP contribution in [0.2, 0.25) is 0 Å². The van der Waals surface area contributed by atoms with Crippen LogP contribution in [-0.4, -0.2) is 4.98 Å². The highest BCUT2D eigenvalue weighted by Crippen LogP contribution is 2.23. The summed E-state index contributed by atoms with van der Waals surface area (Å²) in [5.41, 5.74) is 7.79. The highest BCUT2D eigenvalue weighted by molar-refractivity contribution is 7.98. The molecule has 1 aromatic carbocycles. The largest absolute Gasteiger partial charge is 0.399 e. The summed E-state index contributed by atoms with van der Waals surface area (Å²) in [6.07, 6.45) is 3.63. The van der Waals surface area contributed by atoms with Crippen LogP contribution < -0.4 is 5.73 Å². The third-order valence-corrected chi connectivity index (χ3v) is 3.08. The lowest BCUT2D eigenvalue weighted by Crippen LogP contribution is -1.84. The first-order valence-corrected chi connectivity index (χ1v) is 5.70. The molecular weight excluding hydrogens is 204 g/mol. The second-order valence-electron chi connectivity index (χ2n) is 3.22. The lowest BCUT2D eigenvalue weighted by atomic mass is 10.3. The van der Waals surface area contributed by atoms with E-state index in [1.807, 2.05) is 42.7 Å². The van der Waals surface area contributed by atoms with Crippen LogP contribution in [0.5, 0.6) is 0 Å². The first-order valence-electron chi connectivity index (χ1n) is 4.72. The van der Waals surface area contributed by atoms with Gasteiger partial charge in [0, 0.05) is 28.7 Å². The van der Waals surface area contributed by atoms with E-state index in [2.05, 4.69) is 11.1 Å². The van der Waals surface area contributed by atoms with Crippen LogP contribution in [0.25, 0.3) is 0 Å². The summed E-state index contributed by atoms with van der Waals surface area (Å²) in [6.45, 7) is 0. The molecule has 3 heteroatoms. The molecule has 0 spiro atoms. The molecule has 0 aliphatic rings. The minimum absolute atomic E-state index is 0.815. The fraction of sp³-hybridized carbons (Fsp3) is 0.0833. The van der Waals surface area contributed by atoms with Gasteiger partial charge in [-0.1, -0.05) is 6.07 Å². The number of nitrogens with two attached hydrogens (primary N) is 1. The zero-order chi connectivity index (χ0) is 10.5. The van der Waals surface area contributed by atoms with Gasteiger partial charge in [0.25, 0.3) is 0 Å². The van der Waals surface area contributed by atoms with E-state index in [9.17, 15) is 0 Å². The van der Waals surface area contributed by atoms with E-state index < -0.39 is 0 Å². The Morgan fingerprint density at radius 3 is 2.67 bits per heavy atom. The number of benzene rings is 1. The van der Waals surface area contributed by atoms with Gasteiger partial charge >= 0.3 is 0 Å². The predicted molar refractivity (Wildman–Crippen MR) is 64.7 cm³/mol. The van der Waals surface area contributed by atoms with Crippen LogP contribution in [0.4, 0.5) is 5.69 Å². The second-order valence-corrected chi connectivity index (χ2v) is 4.27. The predicted octanol–water partition coefficient (Wildman–Crippen LogP) is 2.96. The van der Waals surface area contributed by atoms with Gasteiger partial charge in [0.1, 0.15) is 0 Å². The average Bonchev–Trinajstić information content (AvgIpc) is 2.28. The van der Waals surface area contributed by atoms with Gasteiger partial charge in [-0.15, -0.1) is 11.8 Å². The van der Waals surface area contributed by atoms with Gasteiger partial charge in [0.2, 0.25) is 0 Å². The van der Waals surface area contributed by atoms with Gasteiger partial charge in [-0.3, -0.25) is 4.98 Å². The number of thioether (sulfide) groups is 1. The summed E-state index contributed by atoms with van der Waals surface area (Å²) in [6, 6.07) is 12.0. The number of nitrogen functional groups attached to an aromatic ring is 1. The Kier molecular flexibility index (Phi) is 3.25. The number of pyridine rings is 1. The molecular formula is C12H12N2S. The summed E-state index contributed by atoms with van der Waals surface area (Å²) in [4.78, 5) is 5.19. The molecule has 15 heavy (non-hydrogen) atoms. The number of rotatable bonds is 3. The van der Waals surface area contributed by atoms with Crippen molar-refractivity contribution < 1.29 is 0 Å². The third kappa shape index (κ3) is 2.99. The van der Waals surface area contributed by atoms with E-state index in [0.29, 0.717) is 0 Å². The summed E-state index contributed by atoms with van der Waals surface area (Å²) < 4.78 is 0. The Balaban J connectivity index is 1.99. The number of aromatic nitrogens is 1. The van der Waals surface area contributed by atoms with Crippen LogP contribution in [0, 0.1) is 0 Å². The Bertz CT molecular complexity index is 429. The molecule has 0 aliphatic carbocycles. The molecule has 0 fully saturated rings. The number of anilines is 1. The average molecular weight is 216 g/mol. The third-order valence-electron chi connectivity index (χ3n) is 2.01. The van der Waals surface area contributed by atoms with Crippen molar-refractivity contribution >= 4 is 17.4 Å². The van der Waals surface area contributed by atoms with Gasteiger partial charge in [-0.2, -0.15) is 0 Å². The molecule has 0 saturated heterocycles. The van der Waals surface area contributed by atoms with E-state index in [-0.39, 0.29) is 0 Å². The van der Waals surface area contributed by atoms with Crippen molar-refractivity contribution in [2.24, 2.45) is 0 Å². The highest BCUT2D eigenvalue weighted by atomic mass is 32.2. The molecule has 76 valence electrons. The Morgan fingerprint density at radius 1 is 1.13 bits per heavy atom. The topological polar surface area (TPSA) is 38.9 Å². The van der Waals surface area contributed by atoms with Crippen molar-refractivity contribution in [3.05, 3.63) is 54.4 Å². The normalized spacial score (nSPS) is 10.1. The first-order chi connectivity index (χ1) is 7.34. The molecule has 0 saturated carbocycles. The molecule has 0 amide bonds. The molecule has 0 atom stereocenters. The quantitative estimate of drug-likeness (QED) is 0.633. The van der Waals surface area contributed by atoms with E-state index in [1.54, 1.807) is 11.8 Å². The lowest BCUT2D eigenvalue weighted by Gasteiger charge is -2.02. The van der Waals surface area contributed by atoms with Crippen LogP contribution in [0.1, 0.15) is 5.56 Å². The zero-order valence-electron chi connectivity index (χ0n) is 8.26. The van der Waals surface area contributed by atoms with E-state index in [0.717, 1.165) is 11.4 Å². The number of hydrogen-bond acceptors (Lipinski definition) is 3. The molecule has 2 nitrogen and oxygen atoms in total. The van der Waals surface area contributed by atoms with Crippen LogP contribution in [-0.2, 0) is 5.75 Å². The fourth-order valence-corrected chi connectivity index (χ4v) is 2.17. The van der Waals surface area contributed by atoms with Crippen molar-refractivity contribution in [1.29, 1.82) is 0 Å². The van der Waals surface area contributed by atoms with Gasteiger partial charge in [-0.05, 0) is 35.9 Å². The molecule has 0 bridgehead atoms. The Hall–Kier alpha value is -1.48. The zero-order valence-corrected chi connectivity index (χ0v) is 9.08. The van der Waals surface area contributed by atoms with E-state index >= 15 is 0 Å². The molecule has 0 radical (unpaired) electrons. The van der Waals surface area contributed by atoms with E-state index in [4.69, 9.17) is 5.73 Å². The molecule has 1 heterocycles. The minimum atomic E-state index is 0.815. The molecule has 1 aromatic heterocycles. The van der Waals surface area contributed by atoms with Crippen LogP contribution in [0.3, 0.4) is 0 Å².